The van der Waals surface area contributed by atoms with Gasteiger partial charge < -0.3 is 10.5 Å². The third kappa shape index (κ3) is 3.05. The summed E-state index contributed by atoms with van der Waals surface area (Å²) in [6.45, 7) is 5.75. The number of anilines is 1. The van der Waals surface area contributed by atoms with Crippen LogP contribution in [-0.4, -0.2) is 22.5 Å². The van der Waals surface area contributed by atoms with Crippen LogP contribution < -0.4 is 5.73 Å². The second-order valence-electron chi connectivity index (χ2n) is 3.25. The van der Waals surface area contributed by atoms with Crippen molar-refractivity contribution in [2.24, 2.45) is 0 Å². The van der Waals surface area contributed by atoms with Crippen molar-refractivity contribution in [1.29, 1.82) is 0 Å². The molecule has 5 heteroatoms. The van der Waals surface area contributed by atoms with Gasteiger partial charge in [0, 0.05) is 11.6 Å². The Morgan fingerprint density at radius 1 is 1.38 bits per heavy atom. The maximum Gasteiger partial charge on any atom is 0.330 e. The second-order valence-corrected chi connectivity index (χ2v) is 3.25. The van der Waals surface area contributed by atoms with Crippen LogP contribution in [0.4, 0.5) is 5.95 Å². The van der Waals surface area contributed by atoms with E-state index in [2.05, 4.69) is 9.97 Å². The van der Waals surface area contributed by atoms with E-state index in [1.165, 1.54) is 6.08 Å². The molecule has 0 bridgehead atoms. The molecule has 0 unspecified atom stereocenters. The van der Waals surface area contributed by atoms with Crippen LogP contribution in [0.5, 0.6) is 0 Å². The quantitative estimate of drug-likeness (QED) is 0.614. The summed E-state index contributed by atoms with van der Waals surface area (Å²) >= 11 is 0. The minimum absolute atomic E-state index is 0.239. The number of carbonyl (C=O) groups is 1. The largest absolute Gasteiger partial charge is 0.463 e. The van der Waals surface area contributed by atoms with E-state index in [-0.39, 0.29) is 11.9 Å². The van der Waals surface area contributed by atoms with Gasteiger partial charge in [0.2, 0.25) is 5.95 Å². The Kier molecular flexibility index (Phi) is 3.99. The van der Waals surface area contributed by atoms with Gasteiger partial charge in [-0.05, 0) is 26.8 Å². The van der Waals surface area contributed by atoms with E-state index in [4.69, 9.17) is 10.5 Å². The number of nitrogens with zero attached hydrogens (tertiary/aromatic N) is 2. The number of nitrogens with two attached hydrogens (primary N) is 1. The molecule has 0 fully saturated rings. The van der Waals surface area contributed by atoms with Gasteiger partial charge in [0.05, 0.1) is 18.0 Å². The molecule has 0 aliphatic heterocycles. The first-order valence-corrected chi connectivity index (χ1v) is 5.00. The highest BCUT2D eigenvalue weighted by atomic mass is 16.5. The zero-order valence-corrected chi connectivity index (χ0v) is 9.65. The average Bonchev–Trinajstić information content (AvgIpc) is 2.16. The van der Waals surface area contributed by atoms with E-state index in [0.29, 0.717) is 6.61 Å². The number of aromatic nitrogens is 2. The summed E-state index contributed by atoms with van der Waals surface area (Å²) in [5, 5.41) is 0. The fourth-order valence-electron chi connectivity index (χ4n) is 1.33. The SMILES string of the molecule is CCOC(=O)/C=C/c1c(C)nc(N)nc1C. The monoisotopic (exact) mass is 221 g/mol. The van der Waals surface area contributed by atoms with E-state index in [1.54, 1.807) is 13.0 Å². The van der Waals surface area contributed by atoms with Gasteiger partial charge >= 0.3 is 5.97 Å². The number of hydrogen-bond donors (Lipinski definition) is 1. The highest BCUT2D eigenvalue weighted by Gasteiger charge is 2.04. The van der Waals surface area contributed by atoms with Crippen molar-refractivity contribution in [3.8, 4) is 0 Å². The zero-order chi connectivity index (χ0) is 12.1. The fraction of sp³-hybridized carbons (Fsp3) is 0.364. The van der Waals surface area contributed by atoms with Crippen molar-refractivity contribution in [1.82, 2.24) is 9.97 Å². The molecular formula is C11H15N3O2. The molecule has 0 aromatic carbocycles. The van der Waals surface area contributed by atoms with Crippen LogP contribution in [-0.2, 0) is 9.53 Å². The van der Waals surface area contributed by atoms with Crippen molar-refractivity contribution in [2.45, 2.75) is 20.8 Å². The number of hydrogen-bond acceptors (Lipinski definition) is 5. The van der Waals surface area contributed by atoms with Crippen molar-refractivity contribution in [2.75, 3.05) is 12.3 Å². The molecule has 0 aliphatic rings. The molecule has 16 heavy (non-hydrogen) atoms. The van der Waals surface area contributed by atoms with Gasteiger partial charge in [-0.15, -0.1) is 0 Å². The summed E-state index contributed by atoms with van der Waals surface area (Å²) < 4.78 is 4.78. The van der Waals surface area contributed by atoms with Crippen LogP contribution in [0.15, 0.2) is 6.08 Å². The lowest BCUT2D eigenvalue weighted by Crippen LogP contribution is -2.03. The number of carbonyl (C=O) groups excluding carboxylic acids is 1. The number of esters is 1. The van der Waals surface area contributed by atoms with Gasteiger partial charge in [-0.2, -0.15) is 0 Å². The first kappa shape index (κ1) is 12.2. The molecule has 0 saturated carbocycles. The molecule has 0 radical (unpaired) electrons. The maximum absolute atomic E-state index is 11.1. The molecule has 1 heterocycles. The molecule has 0 spiro atoms. The highest BCUT2D eigenvalue weighted by molar-refractivity contribution is 5.87. The van der Waals surface area contributed by atoms with E-state index in [0.717, 1.165) is 17.0 Å². The summed E-state index contributed by atoms with van der Waals surface area (Å²) in [5.41, 5.74) is 7.77. The molecule has 0 aliphatic carbocycles. The lowest BCUT2D eigenvalue weighted by atomic mass is 10.1. The molecular weight excluding hydrogens is 206 g/mol. The zero-order valence-electron chi connectivity index (χ0n) is 9.65. The first-order valence-electron chi connectivity index (χ1n) is 5.00. The van der Waals surface area contributed by atoms with Crippen LogP contribution in [0, 0.1) is 13.8 Å². The van der Waals surface area contributed by atoms with Crippen LogP contribution >= 0.6 is 0 Å². The predicted octanol–water partition coefficient (Wildman–Crippen LogP) is 1.25. The number of ether oxygens (including phenoxy) is 1. The van der Waals surface area contributed by atoms with E-state index < -0.39 is 0 Å². The Balaban J connectivity index is 2.93. The first-order chi connectivity index (χ1) is 7.54. The van der Waals surface area contributed by atoms with E-state index in [9.17, 15) is 4.79 Å². The van der Waals surface area contributed by atoms with Gasteiger partial charge in [-0.1, -0.05) is 0 Å². The summed E-state index contributed by atoms with van der Waals surface area (Å²) in [6.07, 6.45) is 3.00. The van der Waals surface area contributed by atoms with Crippen LogP contribution in [0.1, 0.15) is 23.9 Å². The smallest absolute Gasteiger partial charge is 0.330 e. The number of aryl methyl sites for hydroxylation is 2. The van der Waals surface area contributed by atoms with Gasteiger partial charge in [0.25, 0.3) is 0 Å². The fourth-order valence-corrected chi connectivity index (χ4v) is 1.33. The molecule has 0 saturated heterocycles. The summed E-state index contributed by atoms with van der Waals surface area (Å²) in [7, 11) is 0. The van der Waals surface area contributed by atoms with Crippen LogP contribution in [0.25, 0.3) is 6.08 Å². The third-order valence-corrected chi connectivity index (χ3v) is 2.02. The lowest BCUT2D eigenvalue weighted by molar-refractivity contribution is -0.137. The molecule has 1 aromatic rings. The van der Waals surface area contributed by atoms with E-state index >= 15 is 0 Å². The van der Waals surface area contributed by atoms with Crippen molar-refractivity contribution < 1.29 is 9.53 Å². The Bertz CT molecular complexity index is 404. The topological polar surface area (TPSA) is 78.1 Å². The average molecular weight is 221 g/mol. The Hall–Kier alpha value is -1.91. The summed E-state index contributed by atoms with van der Waals surface area (Å²) in [4.78, 5) is 19.2. The van der Waals surface area contributed by atoms with Gasteiger partial charge in [0.1, 0.15) is 0 Å². The Labute approximate surface area is 94.4 Å². The normalized spacial score (nSPS) is 10.7. The van der Waals surface area contributed by atoms with Crippen molar-refractivity contribution in [3.05, 3.63) is 23.0 Å². The van der Waals surface area contributed by atoms with Crippen molar-refractivity contribution >= 4 is 18.0 Å². The number of nitrogen functional groups attached to an aromatic ring is 1. The molecule has 86 valence electrons. The minimum Gasteiger partial charge on any atom is -0.463 e. The molecule has 2 N–H and O–H groups in total. The number of rotatable bonds is 3. The predicted molar refractivity (Wildman–Crippen MR) is 61.6 cm³/mol. The Morgan fingerprint density at radius 3 is 2.44 bits per heavy atom. The molecule has 1 aromatic heterocycles. The van der Waals surface area contributed by atoms with E-state index in [1.807, 2.05) is 13.8 Å². The second kappa shape index (κ2) is 5.25. The third-order valence-electron chi connectivity index (χ3n) is 2.02. The van der Waals surface area contributed by atoms with Gasteiger partial charge in [0.15, 0.2) is 0 Å². The van der Waals surface area contributed by atoms with Crippen molar-refractivity contribution in [3.63, 3.8) is 0 Å². The summed E-state index contributed by atoms with van der Waals surface area (Å²) in [6, 6.07) is 0. The minimum atomic E-state index is -0.377. The molecule has 0 amide bonds. The molecule has 1 rings (SSSR count). The Morgan fingerprint density at radius 2 is 1.94 bits per heavy atom. The summed E-state index contributed by atoms with van der Waals surface area (Å²) in [5.74, 6) is -0.138. The van der Waals surface area contributed by atoms with Crippen LogP contribution in [0.2, 0.25) is 0 Å². The maximum atomic E-state index is 11.1. The standard InChI is InChI=1S/C11H15N3O2/c1-4-16-10(15)6-5-9-7(2)13-11(12)14-8(9)3/h5-6H,4H2,1-3H3,(H2,12,13,14)/b6-5+. The molecule has 0 atom stereocenters. The van der Waals surface area contributed by atoms with Gasteiger partial charge in [-0.25, -0.2) is 14.8 Å². The lowest BCUT2D eigenvalue weighted by Gasteiger charge is -2.04. The van der Waals surface area contributed by atoms with Gasteiger partial charge in [-0.3, -0.25) is 0 Å². The molecule has 5 nitrogen and oxygen atoms in total. The van der Waals surface area contributed by atoms with Crippen LogP contribution in [0.3, 0.4) is 0 Å². The highest BCUT2D eigenvalue weighted by Crippen LogP contribution is 2.12.